The zero-order valence-corrected chi connectivity index (χ0v) is 9.19. The van der Waals surface area contributed by atoms with E-state index in [0.717, 1.165) is 12.1 Å². The van der Waals surface area contributed by atoms with Crippen molar-refractivity contribution in [3.63, 3.8) is 0 Å². The number of alkyl halides is 3. The van der Waals surface area contributed by atoms with Gasteiger partial charge in [0.2, 0.25) is 0 Å². The van der Waals surface area contributed by atoms with E-state index in [1.54, 1.807) is 0 Å². The standard InChI is InChI=1S/C11H10F3N3O/c12-11(13,14)9-3-1-8(2-4-9)6-17-7-10(16-18)5-15-17/h1-5,7H,6,16H2. The highest BCUT2D eigenvalue weighted by molar-refractivity contribution is 5.25. The molecule has 4 nitrogen and oxygen atoms in total. The van der Waals surface area contributed by atoms with E-state index in [1.165, 1.54) is 29.2 Å². The van der Waals surface area contributed by atoms with E-state index < -0.39 is 11.7 Å². The molecule has 0 amide bonds. The summed E-state index contributed by atoms with van der Waals surface area (Å²) >= 11 is 0. The molecule has 0 bridgehead atoms. The average Bonchev–Trinajstić information content (AvgIpc) is 2.76. The number of rotatable bonds is 3. The van der Waals surface area contributed by atoms with Gasteiger partial charge in [0.1, 0.15) is 6.20 Å². The van der Waals surface area contributed by atoms with Gasteiger partial charge in [-0.3, -0.25) is 4.68 Å². The molecular weight excluding hydrogens is 247 g/mol. The van der Waals surface area contributed by atoms with Gasteiger partial charge in [0.05, 0.1) is 18.3 Å². The van der Waals surface area contributed by atoms with Gasteiger partial charge in [-0.25, -0.2) is 0 Å². The van der Waals surface area contributed by atoms with Crippen molar-refractivity contribution in [2.24, 2.45) is 0 Å². The van der Waals surface area contributed by atoms with E-state index in [1.807, 2.05) is 0 Å². The number of quaternary nitrogens is 1. The largest absolute Gasteiger partial charge is 0.630 e. The zero-order valence-electron chi connectivity index (χ0n) is 9.19. The first-order valence-corrected chi connectivity index (χ1v) is 5.13. The fourth-order valence-corrected chi connectivity index (χ4v) is 1.51. The Morgan fingerprint density at radius 3 is 2.39 bits per heavy atom. The minimum Gasteiger partial charge on any atom is -0.630 e. The SMILES string of the molecule is [O-][NH2+]c1cnn(Cc2ccc(C(F)(F)F)cc2)c1. The summed E-state index contributed by atoms with van der Waals surface area (Å²) in [6.45, 7) is 0.325. The van der Waals surface area contributed by atoms with Crippen LogP contribution in [-0.2, 0) is 12.7 Å². The number of nitrogens with two attached hydrogens (primary N) is 1. The van der Waals surface area contributed by atoms with Gasteiger partial charge in [-0.2, -0.15) is 18.3 Å². The maximum Gasteiger partial charge on any atom is 0.416 e. The molecule has 0 aliphatic carbocycles. The first-order chi connectivity index (χ1) is 8.49. The Morgan fingerprint density at radius 2 is 1.89 bits per heavy atom. The highest BCUT2D eigenvalue weighted by atomic mass is 19.4. The van der Waals surface area contributed by atoms with Crippen LogP contribution in [0.4, 0.5) is 18.9 Å². The predicted octanol–water partition coefficient (Wildman–Crippen LogP) is 1.64. The van der Waals surface area contributed by atoms with Crippen molar-refractivity contribution in [2.45, 2.75) is 12.7 Å². The number of aromatic nitrogens is 2. The monoisotopic (exact) mass is 257 g/mol. The van der Waals surface area contributed by atoms with Gasteiger partial charge < -0.3 is 10.7 Å². The molecule has 0 fully saturated rings. The summed E-state index contributed by atoms with van der Waals surface area (Å²) in [6, 6.07) is 4.84. The average molecular weight is 257 g/mol. The number of hydrogen-bond donors (Lipinski definition) is 1. The second-order valence-corrected chi connectivity index (χ2v) is 3.78. The minimum absolute atomic E-state index is 0.325. The molecule has 2 aromatic rings. The van der Waals surface area contributed by atoms with Crippen LogP contribution in [0.2, 0.25) is 0 Å². The van der Waals surface area contributed by atoms with Crippen molar-refractivity contribution in [1.29, 1.82) is 0 Å². The summed E-state index contributed by atoms with van der Waals surface area (Å²) in [7, 11) is 0. The summed E-state index contributed by atoms with van der Waals surface area (Å²) in [5, 5.41) is 14.4. The Labute approximate surface area is 101 Å². The van der Waals surface area contributed by atoms with Gasteiger partial charge in [-0.1, -0.05) is 12.1 Å². The molecule has 2 N–H and O–H groups in total. The highest BCUT2D eigenvalue weighted by Crippen LogP contribution is 2.29. The van der Waals surface area contributed by atoms with E-state index in [0.29, 0.717) is 23.3 Å². The molecule has 1 aromatic heterocycles. The summed E-state index contributed by atoms with van der Waals surface area (Å²) < 4.78 is 38.5. The summed E-state index contributed by atoms with van der Waals surface area (Å²) in [5.41, 5.74) is 1.10. The van der Waals surface area contributed by atoms with E-state index in [2.05, 4.69) is 5.10 Å². The van der Waals surface area contributed by atoms with Gasteiger partial charge in [0, 0.05) is 0 Å². The van der Waals surface area contributed by atoms with Crippen LogP contribution in [0.15, 0.2) is 36.7 Å². The molecule has 1 aromatic carbocycles. The maximum absolute atomic E-state index is 12.3. The topological polar surface area (TPSA) is 57.5 Å². The lowest BCUT2D eigenvalue weighted by Crippen LogP contribution is -2.69. The Kier molecular flexibility index (Phi) is 3.35. The van der Waals surface area contributed by atoms with E-state index in [9.17, 15) is 18.4 Å². The molecule has 1 heterocycles. The molecule has 0 saturated heterocycles. The third kappa shape index (κ3) is 2.88. The predicted molar refractivity (Wildman–Crippen MR) is 57.7 cm³/mol. The van der Waals surface area contributed by atoms with E-state index in [-0.39, 0.29) is 0 Å². The van der Waals surface area contributed by atoms with Crippen LogP contribution in [-0.4, -0.2) is 9.78 Å². The third-order valence-electron chi connectivity index (χ3n) is 2.42. The van der Waals surface area contributed by atoms with Crippen molar-refractivity contribution < 1.29 is 18.7 Å². The maximum atomic E-state index is 12.3. The number of nitrogens with zero attached hydrogens (tertiary/aromatic N) is 2. The van der Waals surface area contributed by atoms with Gasteiger partial charge in [0.15, 0.2) is 5.69 Å². The first kappa shape index (κ1) is 12.6. The quantitative estimate of drug-likeness (QED) is 0.850. The van der Waals surface area contributed by atoms with Crippen molar-refractivity contribution in [2.75, 3.05) is 0 Å². The van der Waals surface area contributed by atoms with Crippen LogP contribution in [0.25, 0.3) is 0 Å². The van der Waals surface area contributed by atoms with Crippen LogP contribution in [0, 0.1) is 5.21 Å². The Morgan fingerprint density at radius 1 is 1.22 bits per heavy atom. The Balaban J connectivity index is 2.11. The molecule has 96 valence electrons. The summed E-state index contributed by atoms with van der Waals surface area (Å²) in [4.78, 5) is 0. The van der Waals surface area contributed by atoms with Crippen molar-refractivity contribution in [3.8, 4) is 0 Å². The molecule has 0 radical (unpaired) electrons. The van der Waals surface area contributed by atoms with E-state index in [4.69, 9.17) is 0 Å². The second kappa shape index (κ2) is 4.79. The molecule has 0 aliphatic heterocycles. The molecule has 2 rings (SSSR count). The first-order valence-electron chi connectivity index (χ1n) is 5.13. The lowest BCUT2D eigenvalue weighted by atomic mass is 10.1. The molecule has 7 heteroatoms. The van der Waals surface area contributed by atoms with Crippen LogP contribution in [0.5, 0.6) is 0 Å². The van der Waals surface area contributed by atoms with Crippen molar-refractivity contribution >= 4 is 5.69 Å². The van der Waals surface area contributed by atoms with Crippen molar-refractivity contribution in [3.05, 3.63) is 53.0 Å². The third-order valence-corrected chi connectivity index (χ3v) is 2.42. The Bertz CT molecular complexity index is 519. The summed E-state index contributed by atoms with van der Waals surface area (Å²) in [5.74, 6) is 0. The lowest BCUT2D eigenvalue weighted by molar-refractivity contribution is -0.497. The number of benzene rings is 1. The van der Waals surface area contributed by atoms with Gasteiger partial charge in [0.25, 0.3) is 0 Å². The van der Waals surface area contributed by atoms with E-state index >= 15 is 0 Å². The van der Waals surface area contributed by atoms with Crippen LogP contribution in [0.3, 0.4) is 0 Å². The smallest absolute Gasteiger partial charge is 0.416 e. The fourth-order valence-electron chi connectivity index (χ4n) is 1.51. The summed E-state index contributed by atoms with van der Waals surface area (Å²) in [6.07, 6.45) is -1.39. The van der Waals surface area contributed by atoms with Crippen molar-refractivity contribution in [1.82, 2.24) is 9.78 Å². The molecule has 0 spiro atoms. The number of halogens is 3. The fraction of sp³-hybridized carbons (Fsp3) is 0.182. The van der Waals surface area contributed by atoms with Crippen LogP contribution in [0.1, 0.15) is 11.1 Å². The van der Waals surface area contributed by atoms with Gasteiger partial charge >= 0.3 is 6.18 Å². The molecule has 18 heavy (non-hydrogen) atoms. The number of hydrogen-bond acceptors (Lipinski definition) is 2. The molecule has 0 unspecified atom stereocenters. The second-order valence-electron chi connectivity index (χ2n) is 3.78. The normalized spacial score (nSPS) is 11.8. The highest BCUT2D eigenvalue weighted by Gasteiger charge is 2.29. The Hall–Kier alpha value is -1.86. The lowest BCUT2D eigenvalue weighted by Gasteiger charge is -2.07. The molecule has 0 aliphatic rings. The molecule has 0 atom stereocenters. The van der Waals surface area contributed by atoms with Crippen LogP contribution >= 0.6 is 0 Å². The van der Waals surface area contributed by atoms with Gasteiger partial charge in [-0.15, -0.1) is 0 Å². The molecule has 0 saturated carbocycles. The van der Waals surface area contributed by atoms with Gasteiger partial charge in [-0.05, 0) is 17.7 Å². The zero-order chi connectivity index (χ0) is 13.2. The molecular formula is C11H10F3N3O. The minimum atomic E-state index is -4.32. The van der Waals surface area contributed by atoms with Crippen LogP contribution < -0.4 is 5.48 Å².